The molecule has 112 valence electrons. The van der Waals surface area contributed by atoms with E-state index in [-0.39, 0.29) is 5.12 Å². The second-order valence-corrected chi connectivity index (χ2v) is 6.97. The summed E-state index contributed by atoms with van der Waals surface area (Å²) in [6.07, 6.45) is 2.41. The molecule has 2 rings (SSSR count). The average Bonchev–Trinajstić information content (AvgIpc) is 2.56. The van der Waals surface area contributed by atoms with E-state index in [0.717, 1.165) is 10.6 Å². The molecule has 0 atom stereocenters. The number of hydrogen-bond donors (Lipinski definition) is 0. The molecule has 0 aliphatic heterocycles. The monoisotopic (exact) mass is 327 g/mol. The van der Waals surface area contributed by atoms with Crippen LogP contribution in [-0.2, 0) is 0 Å². The van der Waals surface area contributed by atoms with Gasteiger partial charge in [-0.05, 0) is 72.5 Å². The molecule has 0 aliphatic carbocycles. The number of hydrogen-bond acceptors (Lipinski definition) is 4. The van der Waals surface area contributed by atoms with Crippen LogP contribution in [-0.4, -0.2) is 10.9 Å². The lowest BCUT2D eigenvalue weighted by Crippen LogP contribution is -1.93. The molecule has 0 bridgehead atoms. The van der Waals surface area contributed by atoms with Crippen molar-refractivity contribution < 1.29 is 4.79 Å². The van der Waals surface area contributed by atoms with Crippen LogP contribution >= 0.6 is 23.5 Å². The maximum atomic E-state index is 12.2. The summed E-state index contributed by atoms with van der Waals surface area (Å²) in [6, 6.07) is 16.9. The van der Waals surface area contributed by atoms with Gasteiger partial charge in [0.2, 0.25) is 5.12 Å². The Labute approximate surface area is 139 Å². The van der Waals surface area contributed by atoms with Gasteiger partial charge in [0.05, 0.1) is 11.6 Å². The quantitative estimate of drug-likeness (QED) is 0.527. The number of carbonyl (C=O) groups is 1. The third-order valence-corrected chi connectivity index (χ3v) is 5.08. The van der Waals surface area contributed by atoms with Crippen LogP contribution in [0.2, 0.25) is 0 Å². The van der Waals surface area contributed by atoms with Gasteiger partial charge in [0.1, 0.15) is 0 Å². The molecule has 0 saturated heterocycles. The van der Waals surface area contributed by atoms with Crippen LogP contribution in [0, 0.1) is 11.3 Å². The van der Waals surface area contributed by atoms with Gasteiger partial charge in [0.25, 0.3) is 0 Å². The van der Waals surface area contributed by atoms with Gasteiger partial charge < -0.3 is 0 Å². The molecule has 0 aromatic heterocycles. The van der Waals surface area contributed by atoms with Crippen molar-refractivity contribution in [2.75, 3.05) is 5.75 Å². The van der Waals surface area contributed by atoms with Crippen LogP contribution in [0.5, 0.6) is 0 Å². The Morgan fingerprint density at radius 2 is 1.68 bits per heavy atom. The number of rotatable bonds is 6. The minimum absolute atomic E-state index is 0.0230. The van der Waals surface area contributed by atoms with Crippen LogP contribution in [0.1, 0.15) is 35.7 Å². The molecule has 0 aliphatic rings. The van der Waals surface area contributed by atoms with Crippen LogP contribution in [0.25, 0.3) is 0 Å². The molecule has 22 heavy (non-hydrogen) atoms. The van der Waals surface area contributed by atoms with E-state index in [1.807, 2.05) is 36.0 Å². The molecular weight excluding hydrogens is 310 g/mol. The average molecular weight is 327 g/mol. The summed E-state index contributed by atoms with van der Waals surface area (Å²) in [5, 5.41) is 8.79. The number of carbonyl (C=O) groups excluding carboxylic acids is 1. The van der Waals surface area contributed by atoms with Gasteiger partial charge in [-0.15, -0.1) is 11.8 Å². The van der Waals surface area contributed by atoms with Crippen LogP contribution < -0.4 is 0 Å². The summed E-state index contributed by atoms with van der Waals surface area (Å²) in [5.74, 6) is 1.11. The smallest absolute Gasteiger partial charge is 0.224 e. The Morgan fingerprint density at radius 1 is 1.05 bits per heavy atom. The fraction of sp³-hybridized carbons (Fsp3) is 0.222. The van der Waals surface area contributed by atoms with E-state index in [1.165, 1.54) is 29.5 Å². The van der Waals surface area contributed by atoms with Crippen LogP contribution in [0.4, 0.5) is 0 Å². The zero-order valence-electron chi connectivity index (χ0n) is 12.4. The molecule has 2 aromatic rings. The number of benzene rings is 2. The summed E-state index contributed by atoms with van der Waals surface area (Å²) in [7, 11) is 0. The molecule has 4 heteroatoms. The Bertz CT molecular complexity index is 657. The summed E-state index contributed by atoms with van der Waals surface area (Å²) in [5.41, 5.74) is 1.31. The van der Waals surface area contributed by atoms with Crippen LogP contribution in [0.15, 0.2) is 58.3 Å². The van der Waals surface area contributed by atoms with Gasteiger partial charge in [0, 0.05) is 15.4 Å². The van der Waals surface area contributed by atoms with E-state index in [4.69, 9.17) is 5.26 Å². The highest BCUT2D eigenvalue weighted by Crippen LogP contribution is 2.25. The molecule has 2 aromatic carbocycles. The normalized spacial score (nSPS) is 10.2. The Balaban J connectivity index is 1.95. The van der Waals surface area contributed by atoms with Gasteiger partial charge in [-0.2, -0.15) is 5.26 Å². The Hall–Kier alpha value is -1.70. The third kappa shape index (κ3) is 4.94. The molecule has 0 amide bonds. The van der Waals surface area contributed by atoms with Gasteiger partial charge in [-0.3, -0.25) is 4.79 Å². The summed E-state index contributed by atoms with van der Waals surface area (Å²) in [4.78, 5) is 14.3. The van der Waals surface area contributed by atoms with Crippen molar-refractivity contribution in [1.29, 1.82) is 5.26 Å². The second-order valence-electron chi connectivity index (χ2n) is 4.75. The molecule has 0 unspecified atom stereocenters. The molecule has 0 N–H and O–H groups in total. The van der Waals surface area contributed by atoms with Crippen molar-refractivity contribution >= 4 is 28.6 Å². The predicted octanol–water partition coefficient (Wildman–Crippen LogP) is 5.38. The Kier molecular flexibility index (Phi) is 6.57. The van der Waals surface area contributed by atoms with Crippen molar-refractivity contribution in [2.24, 2.45) is 0 Å². The molecular formula is C18H17NOS2. The molecule has 0 saturated carbocycles. The van der Waals surface area contributed by atoms with Crippen molar-refractivity contribution in [3.05, 3.63) is 59.7 Å². The lowest BCUT2D eigenvalue weighted by atomic mass is 10.2. The molecule has 0 fully saturated rings. The van der Waals surface area contributed by atoms with E-state index < -0.39 is 0 Å². The molecule has 0 spiro atoms. The van der Waals surface area contributed by atoms with Crippen molar-refractivity contribution in [3.8, 4) is 6.07 Å². The van der Waals surface area contributed by atoms with Crippen molar-refractivity contribution in [3.63, 3.8) is 0 Å². The van der Waals surface area contributed by atoms with E-state index in [2.05, 4.69) is 13.0 Å². The first kappa shape index (κ1) is 16.7. The van der Waals surface area contributed by atoms with E-state index in [9.17, 15) is 4.79 Å². The van der Waals surface area contributed by atoms with Crippen molar-refractivity contribution in [1.82, 2.24) is 0 Å². The highest BCUT2D eigenvalue weighted by Gasteiger charge is 2.08. The predicted molar refractivity (Wildman–Crippen MR) is 93.4 cm³/mol. The van der Waals surface area contributed by atoms with Gasteiger partial charge in [-0.1, -0.05) is 13.3 Å². The molecule has 0 heterocycles. The van der Waals surface area contributed by atoms with Gasteiger partial charge >= 0.3 is 0 Å². The SMILES string of the molecule is CCCCSc1ccc(C(=O)Sc2ccc(C#N)cc2)cc1. The van der Waals surface area contributed by atoms with E-state index in [0.29, 0.717) is 11.1 Å². The minimum Gasteiger partial charge on any atom is -0.281 e. The lowest BCUT2D eigenvalue weighted by Gasteiger charge is -2.04. The van der Waals surface area contributed by atoms with Crippen molar-refractivity contribution in [2.45, 2.75) is 29.6 Å². The minimum atomic E-state index is 0.0230. The zero-order valence-corrected chi connectivity index (χ0v) is 14.0. The summed E-state index contributed by atoms with van der Waals surface area (Å²) in [6.45, 7) is 2.18. The number of nitrogens with zero attached hydrogens (tertiary/aromatic N) is 1. The maximum absolute atomic E-state index is 12.2. The first-order chi connectivity index (χ1) is 10.7. The fourth-order valence-corrected chi connectivity index (χ4v) is 3.52. The number of unbranched alkanes of at least 4 members (excludes halogenated alkanes) is 1. The first-order valence-corrected chi connectivity index (χ1v) is 8.98. The molecule has 0 radical (unpaired) electrons. The van der Waals surface area contributed by atoms with Crippen LogP contribution in [0.3, 0.4) is 0 Å². The first-order valence-electron chi connectivity index (χ1n) is 7.18. The van der Waals surface area contributed by atoms with Gasteiger partial charge in [0.15, 0.2) is 0 Å². The number of thioether (sulfide) groups is 2. The standard InChI is InChI=1S/C18H17NOS2/c1-2-3-12-21-16-10-6-15(7-11-16)18(20)22-17-8-4-14(13-19)5-9-17/h4-11H,2-3,12H2,1H3. The number of nitriles is 1. The Morgan fingerprint density at radius 3 is 2.27 bits per heavy atom. The largest absolute Gasteiger partial charge is 0.281 e. The second kappa shape index (κ2) is 8.67. The summed E-state index contributed by atoms with van der Waals surface area (Å²) >= 11 is 3.01. The molecule has 2 nitrogen and oxygen atoms in total. The maximum Gasteiger partial charge on any atom is 0.224 e. The fourth-order valence-electron chi connectivity index (χ4n) is 1.79. The van der Waals surface area contributed by atoms with E-state index >= 15 is 0 Å². The third-order valence-electron chi connectivity index (χ3n) is 3.05. The lowest BCUT2D eigenvalue weighted by molar-refractivity contribution is 0.108. The highest BCUT2D eigenvalue weighted by atomic mass is 32.2. The highest BCUT2D eigenvalue weighted by molar-refractivity contribution is 8.14. The van der Waals surface area contributed by atoms with E-state index in [1.54, 1.807) is 24.3 Å². The summed E-state index contributed by atoms with van der Waals surface area (Å²) < 4.78 is 0. The zero-order chi connectivity index (χ0) is 15.8. The van der Waals surface area contributed by atoms with Gasteiger partial charge in [-0.25, -0.2) is 0 Å². The topological polar surface area (TPSA) is 40.9 Å².